The second kappa shape index (κ2) is 4.42. The number of amides is 1. The van der Waals surface area contributed by atoms with E-state index in [9.17, 15) is 4.79 Å². The summed E-state index contributed by atoms with van der Waals surface area (Å²) in [7, 11) is 0. The van der Waals surface area contributed by atoms with Gasteiger partial charge in [-0.2, -0.15) is 0 Å². The van der Waals surface area contributed by atoms with Crippen LogP contribution in [0.3, 0.4) is 0 Å². The number of pyridine rings is 1. The molecule has 0 saturated carbocycles. The summed E-state index contributed by atoms with van der Waals surface area (Å²) in [5.41, 5.74) is 7.81. The highest BCUT2D eigenvalue weighted by Gasteiger charge is 2.17. The highest BCUT2D eigenvalue weighted by molar-refractivity contribution is 5.91. The van der Waals surface area contributed by atoms with Gasteiger partial charge in [-0.25, -0.2) is 4.98 Å². The van der Waals surface area contributed by atoms with E-state index >= 15 is 0 Å². The van der Waals surface area contributed by atoms with Crippen LogP contribution in [-0.4, -0.2) is 28.4 Å². The van der Waals surface area contributed by atoms with E-state index in [1.165, 1.54) is 11.8 Å². The molecule has 1 amide bonds. The van der Waals surface area contributed by atoms with Crippen molar-refractivity contribution in [1.82, 2.24) is 14.7 Å². The van der Waals surface area contributed by atoms with Gasteiger partial charge in [0.25, 0.3) is 5.91 Å². The van der Waals surface area contributed by atoms with Crippen LogP contribution in [0.1, 0.15) is 34.8 Å². The number of nitrogens with two attached hydrogens (primary N) is 1. The molecule has 1 aliphatic rings. The number of nitrogens with zero attached hydrogens (tertiary/aromatic N) is 2. The Labute approximate surface area is 105 Å². The number of hydrogen-bond donors (Lipinski definition) is 2. The number of hydrogen-bond acceptors (Lipinski definition) is 3. The Morgan fingerprint density at radius 2 is 2.17 bits per heavy atom. The Kier molecular flexibility index (Phi) is 2.76. The summed E-state index contributed by atoms with van der Waals surface area (Å²) in [6.07, 6.45) is 5.79. The van der Waals surface area contributed by atoms with E-state index in [0.29, 0.717) is 11.6 Å². The van der Waals surface area contributed by atoms with Crippen molar-refractivity contribution in [1.29, 1.82) is 0 Å². The van der Waals surface area contributed by atoms with Gasteiger partial charge in [0.05, 0.1) is 6.20 Å². The van der Waals surface area contributed by atoms with Gasteiger partial charge in [-0.15, -0.1) is 0 Å². The van der Waals surface area contributed by atoms with Crippen LogP contribution < -0.4 is 11.1 Å². The topological polar surface area (TPSA) is 72.4 Å². The Bertz CT molecular complexity index is 584. The molecule has 2 aromatic rings. The minimum atomic E-state index is -0.440. The normalized spacial score (nSPS) is 17.1. The molecule has 0 atom stereocenters. The third-order valence-corrected chi connectivity index (χ3v) is 3.59. The van der Waals surface area contributed by atoms with E-state index in [0.717, 1.165) is 31.6 Å². The average Bonchev–Trinajstić information content (AvgIpc) is 2.82. The zero-order valence-corrected chi connectivity index (χ0v) is 10.1. The lowest BCUT2D eigenvalue weighted by atomic mass is 9.91. The van der Waals surface area contributed by atoms with Gasteiger partial charge in [-0.3, -0.25) is 9.20 Å². The Balaban J connectivity index is 2.03. The van der Waals surface area contributed by atoms with Crippen molar-refractivity contribution < 1.29 is 4.79 Å². The number of nitrogens with one attached hydrogen (secondary N) is 1. The smallest absolute Gasteiger partial charge is 0.267 e. The standard InChI is InChI=1S/C13H16N4O/c14-13(18)11-7-16-12-2-1-10(8-17(11)12)9-3-5-15-6-4-9/h1-2,7-9,15H,3-6H2,(H2,14,18). The molecule has 0 aliphatic carbocycles. The fourth-order valence-electron chi connectivity index (χ4n) is 2.58. The largest absolute Gasteiger partial charge is 0.364 e. The molecule has 0 spiro atoms. The summed E-state index contributed by atoms with van der Waals surface area (Å²) in [5.74, 6) is 0.115. The van der Waals surface area contributed by atoms with Crippen molar-refractivity contribution in [3.63, 3.8) is 0 Å². The molecular weight excluding hydrogens is 228 g/mol. The highest BCUT2D eigenvalue weighted by Crippen LogP contribution is 2.25. The predicted octanol–water partition coefficient (Wildman–Crippen LogP) is 0.900. The minimum absolute atomic E-state index is 0.440. The number of carbonyl (C=O) groups excluding carboxylic acids is 1. The molecule has 0 unspecified atom stereocenters. The molecule has 94 valence electrons. The van der Waals surface area contributed by atoms with Crippen LogP contribution in [0, 0.1) is 0 Å². The third kappa shape index (κ3) is 1.86. The molecule has 3 heterocycles. The van der Waals surface area contributed by atoms with Gasteiger partial charge in [0.1, 0.15) is 11.3 Å². The molecule has 5 heteroatoms. The van der Waals surface area contributed by atoms with Gasteiger partial charge in [0.15, 0.2) is 0 Å². The maximum absolute atomic E-state index is 11.3. The molecule has 0 bridgehead atoms. The zero-order valence-electron chi connectivity index (χ0n) is 10.1. The van der Waals surface area contributed by atoms with E-state index in [-0.39, 0.29) is 0 Å². The van der Waals surface area contributed by atoms with Gasteiger partial charge in [0.2, 0.25) is 0 Å². The van der Waals surface area contributed by atoms with E-state index in [4.69, 9.17) is 5.73 Å². The summed E-state index contributed by atoms with van der Waals surface area (Å²) in [5, 5.41) is 3.35. The maximum Gasteiger partial charge on any atom is 0.267 e. The number of rotatable bonds is 2. The van der Waals surface area contributed by atoms with Gasteiger partial charge >= 0.3 is 0 Å². The van der Waals surface area contributed by atoms with Crippen molar-refractivity contribution >= 4 is 11.6 Å². The van der Waals surface area contributed by atoms with Gasteiger partial charge < -0.3 is 11.1 Å². The first-order valence-electron chi connectivity index (χ1n) is 6.23. The number of piperidine rings is 1. The highest BCUT2D eigenvalue weighted by atomic mass is 16.1. The summed E-state index contributed by atoms with van der Waals surface area (Å²) >= 11 is 0. The monoisotopic (exact) mass is 244 g/mol. The first-order chi connectivity index (χ1) is 8.75. The summed E-state index contributed by atoms with van der Waals surface area (Å²) in [4.78, 5) is 15.5. The fourth-order valence-corrected chi connectivity index (χ4v) is 2.58. The van der Waals surface area contributed by atoms with Gasteiger partial charge in [-0.05, 0) is 43.5 Å². The van der Waals surface area contributed by atoms with Crippen molar-refractivity contribution in [3.05, 3.63) is 35.8 Å². The second-order valence-electron chi connectivity index (χ2n) is 4.72. The van der Waals surface area contributed by atoms with Crippen molar-refractivity contribution in [2.75, 3.05) is 13.1 Å². The summed E-state index contributed by atoms with van der Waals surface area (Å²) < 4.78 is 1.79. The average molecular weight is 244 g/mol. The van der Waals surface area contributed by atoms with Crippen molar-refractivity contribution in [3.8, 4) is 0 Å². The molecule has 5 nitrogen and oxygen atoms in total. The Hall–Kier alpha value is -1.88. The van der Waals surface area contributed by atoms with E-state index in [2.05, 4.69) is 16.4 Å². The maximum atomic E-state index is 11.3. The number of aromatic nitrogens is 2. The van der Waals surface area contributed by atoms with Crippen LogP contribution >= 0.6 is 0 Å². The number of imidazole rings is 1. The molecule has 3 rings (SSSR count). The molecule has 1 fully saturated rings. The lowest BCUT2D eigenvalue weighted by molar-refractivity contribution is 0.0994. The molecule has 0 radical (unpaired) electrons. The number of primary amides is 1. The minimum Gasteiger partial charge on any atom is -0.364 e. The molecule has 18 heavy (non-hydrogen) atoms. The molecule has 0 aromatic carbocycles. The lowest BCUT2D eigenvalue weighted by Crippen LogP contribution is -2.26. The zero-order chi connectivity index (χ0) is 12.5. The Morgan fingerprint density at radius 1 is 1.39 bits per heavy atom. The van der Waals surface area contributed by atoms with Gasteiger partial charge in [-0.1, -0.05) is 6.07 Å². The van der Waals surface area contributed by atoms with Crippen LogP contribution in [0.15, 0.2) is 24.5 Å². The summed E-state index contributed by atoms with van der Waals surface area (Å²) in [6.45, 7) is 2.10. The Morgan fingerprint density at radius 3 is 2.89 bits per heavy atom. The van der Waals surface area contributed by atoms with E-state index in [1.54, 1.807) is 4.40 Å². The van der Waals surface area contributed by atoms with E-state index in [1.807, 2.05) is 12.3 Å². The first kappa shape index (κ1) is 11.2. The quantitative estimate of drug-likeness (QED) is 0.824. The fraction of sp³-hybridized carbons (Fsp3) is 0.385. The van der Waals surface area contributed by atoms with Crippen LogP contribution in [0.5, 0.6) is 0 Å². The number of carbonyl (C=O) groups is 1. The molecule has 2 aromatic heterocycles. The van der Waals surface area contributed by atoms with Crippen LogP contribution in [0.25, 0.3) is 5.65 Å². The lowest BCUT2D eigenvalue weighted by Gasteiger charge is -2.23. The number of fused-ring (bicyclic) bond motifs is 1. The van der Waals surface area contributed by atoms with Crippen LogP contribution in [0.2, 0.25) is 0 Å². The second-order valence-corrected chi connectivity index (χ2v) is 4.72. The van der Waals surface area contributed by atoms with Crippen molar-refractivity contribution in [2.45, 2.75) is 18.8 Å². The molecular formula is C13H16N4O. The first-order valence-corrected chi connectivity index (χ1v) is 6.23. The predicted molar refractivity (Wildman–Crippen MR) is 68.6 cm³/mol. The SMILES string of the molecule is NC(=O)c1cnc2ccc(C3CCNCC3)cn12. The van der Waals surface area contributed by atoms with Crippen molar-refractivity contribution in [2.24, 2.45) is 5.73 Å². The van der Waals surface area contributed by atoms with Crippen LogP contribution in [0.4, 0.5) is 0 Å². The van der Waals surface area contributed by atoms with Gasteiger partial charge in [0, 0.05) is 6.20 Å². The third-order valence-electron chi connectivity index (χ3n) is 3.59. The molecule has 1 aliphatic heterocycles. The van der Waals surface area contributed by atoms with Crippen LogP contribution in [-0.2, 0) is 0 Å². The van der Waals surface area contributed by atoms with E-state index < -0.39 is 5.91 Å². The molecule has 1 saturated heterocycles. The summed E-state index contributed by atoms with van der Waals surface area (Å²) in [6, 6.07) is 4.05. The molecule has 3 N–H and O–H groups in total.